The minimum absolute atomic E-state index is 0.00366. The number of thiazole rings is 1. The van der Waals surface area contributed by atoms with Gasteiger partial charge >= 0.3 is 12.1 Å². The van der Waals surface area contributed by atoms with Crippen LogP contribution in [0.2, 0.25) is 0 Å². The zero-order valence-corrected chi connectivity index (χ0v) is 19.5. The molecular weight excluding hydrogens is 477 g/mol. The number of hydrogen-bond acceptors (Lipinski definition) is 8. The monoisotopic (exact) mass is 496 g/mol. The van der Waals surface area contributed by atoms with Gasteiger partial charge in [0.25, 0.3) is 0 Å². The Morgan fingerprint density at radius 3 is 2.45 bits per heavy atom. The van der Waals surface area contributed by atoms with Crippen molar-refractivity contribution in [3.8, 4) is 0 Å². The summed E-state index contributed by atoms with van der Waals surface area (Å²) in [5, 5.41) is 2.22. The fraction of sp³-hybridized carbons (Fsp3) is 0.286. The second-order valence-corrected chi connectivity index (χ2v) is 8.69. The number of esters is 1. The number of thioether (sulfide) groups is 1. The van der Waals surface area contributed by atoms with E-state index in [0.717, 1.165) is 51.5 Å². The molecule has 0 atom stereocenters. The Balaban J connectivity index is 1.64. The second-order valence-electron chi connectivity index (χ2n) is 6.91. The molecule has 0 fully saturated rings. The fourth-order valence-electron chi connectivity index (χ4n) is 2.79. The molecule has 0 spiro atoms. The Hall–Kier alpha value is -2.99. The number of hydrogen-bond donors (Lipinski definition) is 0. The van der Waals surface area contributed by atoms with E-state index in [1.54, 1.807) is 5.38 Å². The van der Waals surface area contributed by atoms with E-state index in [1.165, 1.54) is 19.1 Å². The molecule has 0 radical (unpaired) electrons. The van der Waals surface area contributed by atoms with Gasteiger partial charge in [-0.1, -0.05) is 17.8 Å². The van der Waals surface area contributed by atoms with E-state index in [9.17, 15) is 22.8 Å². The molecule has 1 amide bonds. The van der Waals surface area contributed by atoms with Crippen LogP contribution < -0.4 is 4.90 Å². The van der Waals surface area contributed by atoms with Gasteiger partial charge in [-0.3, -0.25) is 14.5 Å². The molecule has 0 N–H and O–H groups in total. The quantitative estimate of drug-likeness (QED) is 0.256. The van der Waals surface area contributed by atoms with Gasteiger partial charge in [0.05, 0.1) is 22.7 Å². The van der Waals surface area contributed by atoms with Crippen LogP contribution in [0.5, 0.6) is 0 Å². The third kappa shape index (κ3) is 6.75. The summed E-state index contributed by atoms with van der Waals surface area (Å²) in [5.41, 5.74) is 1.13. The molecule has 0 saturated heterocycles. The van der Waals surface area contributed by atoms with Gasteiger partial charge in [-0.25, -0.2) is 15.0 Å². The predicted octanol–water partition coefficient (Wildman–Crippen LogP) is 5.09. The highest BCUT2D eigenvalue weighted by Crippen LogP contribution is 2.35. The normalized spacial score (nSPS) is 11.3. The lowest BCUT2D eigenvalue weighted by atomic mass is 10.2. The lowest BCUT2D eigenvalue weighted by Crippen LogP contribution is -2.23. The van der Waals surface area contributed by atoms with Crippen LogP contribution in [0.3, 0.4) is 0 Å². The van der Waals surface area contributed by atoms with Crippen LogP contribution in [0.25, 0.3) is 0 Å². The minimum Gasteiger partial charge on any atom is -0.459 e. The number of carbonyl (C=O) groups excluding carboxylic acids is 2. The smallest absolute Gasteiger partial charge is 0.416 e. The van der Waals surface area contributed by atoms with Gasteiger partial charge in [0.15, 0.2) is 10.3 Å². The number of halogens is 3. The zero-order valence-electron chi connectivity index (χ0n) is 17.8. The number of benzene rings is 1. The largest absolute Gasteiger partial charge is 0.459 e. The number of nitrogens with zero attached hydrogens (tertiary/aromatic N) is 4. The summed E-state index contributed by atoms with van der Waals surface area (Å²) in [5.74, 6) is -1.00. The molecular formula is C21H19F3N4O3S2. The van der Waals surface area contributed by atoms with Gasteiger partial charge in [0.2, 0.25) is 5.91 Å². The summed E-state index contributed by atoms with van der Waals surface area (Å²) in [7, 11) is 0. The van der Waals surface area contributed by atoms with Crippen molar-refractivity contribution in [2.24, 2.45) is 0 Å². The van der Waals surface area contributed by atoms with Crippen LogP contribution in [0.1, 0.15) is 29.6 Å². The highest BCUT2D eigenvalue weighted by molar-refractivity contribution is 7.99. The number of alkyl halides is 3. The molecule has 2 aromatic heterocycles. The molecule has 12 heteroatoms. The highest BCUT2D eigenvalue weighted by Gasteiger charge is 2.31. The second kappa shape index (κ2) is 10.3. The molecule has 0 bridgehead atoms. The summed E-state index contributed by atoms with van der Waals surface area (Å²) in [6, 6.07) is 6.25. The van der Waals surface area contributed by atoms with Gasteiger partial charge in [0, 0.05) is 23.7 Å². The van der Waals surface area contributed by atoms with Crippen molar-refractivity contribution >= 4 is 45.8 Å². The van der Waals surface area contributed by atoms with Crippen molar-refractivity contribution in [2.75, 3.05) is 10.7 Å². The first-order valence-corrected chi connectivity index (χ1v) is 11.4. The SMILES string of the molecule is CC(=O)N(c1cccc(C(F)(F)F)c1)c1nc(COC(=O)CSc2nc(C)cc(C)n2)cs1. The molecule has 0 saturated carbocycles. The van der Waals surface area contributed by atoms with E-state index in [-0.39, 0.29) is 23.2 Å². The first-order valence-electron chi connectivity index (χ1n) is 9.56. The Morgan fingerprint density at radius 2 is 1.82 bits per heavy atom. The van der Waals surface area contributed by atoms with Gasteiger partial charge < -0.3 is 4.74 Å². The molecule has 3 rings (SSSR count). The van der Waals surface area contributed by atoms with Crippen molar-refractivity contribution in [1.29, 1.82) is 0 Å². The first kappa shape index (κ1) is 24.6. The fourth-order valence-corrected chi connectivity index (χ4v) is 4.41. The van der Waals surface area contributed by atoms with E-state index < -0.39 is 23.6 Å². The van der Waals surface area contributed by atoms with Crippen molar-refractivity contribution in [2.45, 2.75) is 38.7 Å². The number of anilines is 2. The average Bonchev–Trinajstić information content (AvgIpc) is 3.18. The van der Waals surface area contributed by atoms with Crippen LogP contribution in [-0.4, -0.2) is 32.6 Å². The molecule has 2 heterocycles. The molecule has 1 aromatic carbocycles. The lowest BCUT2D eigenvalue weighted by molar-refractivity contribution is -0.141. The van der Waals surface area contributed by atoms with E-state index in [0.29, 0.717) is 10.9 Å². The molecule has 174 valence electrons. The summed E-state index contributed by atoms with van der Waals surface area (Å²) in [6.07, 6.45) is -4.54. The van der Waals surface area contributed by atoms with Crippen LogP contribution in [0.4, 0.5) is 24.0 Å². The summed E-state index contributed by atoms with van der Waals surface area (Å²) in [6.45, 7) is 4.76. The number of aryl methyl sites for hydroxylation is 2. The van der Waals surface area contributed by atoms with Crippen LogP contribution >= 0.6 is 23.1 Å². The van der Waals surface area contributed by atoms with Gasteiger partial charge in [-0.2, -0.15) is 13.2 Å². The van der Waals surface area contributed by atoms with E-state index in [2.05, 4.69) is 15.0 Å². The lowest BCUT2D eigenvalue weighted by Gasteiger charge is -2.19. The number of amides is 1. The van der Waals surface area contributed by atoms with E-state index in [4.69, 9.17) is 4.74 Å². The third-order valence-electron chi connectivity index (χ3n) is 4.14. The Bertz CT molecular complexity index is 1150. The molecule has 3 aromatic rings. The molecule has 0 aliphatic heterocycles. The summed E-state index contributed by atoms with van der Waals surface area (Å²) in [4.78, 5) is 38.0. The van der Waals surface area contributed by atoms with Gasteiger partial charge in [-0.15, -0.1) is 11.3 Å². The highest BCUT2D eigenvalue weighted by atomic mass is 32.2. The zero-order chi connectivity index (χ0) is 24.2. The summed E-state index contributed by atoms with van der Waals surface area (Å²) >= 11 is 2.20. The molecule has 33 heavy (non-hydrogen) atoms. The number of rotatable bonds is 7. The average molecular weight is 497 g/mol. The maximum atomic E-state index is 13.1. The van der Waals surface area contributed by atoms with Crippen molar-refractivity contribution in [3.63, 3.8) is 0 Å². The van der Waals surface area contributed by atoms with Crippen molar-refractivity contribution in [1.82, 2.24) is 15.0 Å². The summed E-state index contributed by atoms with van der Waals surface area (Å²) < 4.78 is 44.4. The molecule has 0 unspecified atom stereocenters. The molecule has 0 aliphatic carbocycles. The minimum atomic E-state index is -4.54. The van der Waals surface area contributed by atoms with Gasteiger partial charge in [-0.05, 0) is 38.1 Å². The van der Waals surface area contributed by atoms with E-state index >= 15 is 0 Å². The maximum absolute atomic E-state index is 13.1. The van der Waals surface area contributed by atoms with Crippen molar-refractivity contribution < 1.29 is 27.5 Å². The number of ether oxygens (including phenoxy) is 1. The predicted molar refractivity (Wildman–Crippen MR) is 118 cm³/mol. The Kier molecular flexibility index (Phi) is 7.69. The van der Waals surface area contributed by atoms with Crippen molar-refractivity contribution in [3.05, 3.63) is 58.4 Å². The molecule has 0 aliphatic rings. The van der Waals surface area contributed by atoms with E-state index in [1.807, 2.05) is 19.9 Å². The van der Waals surface area contributed by atoms with Crippen LogP contribution in [0.15, 0.2) is 40.9 Å². The first-order chi connectivity index (χ1) is 15.5. The number of carbonyl (C=O) groups is 2. The van der Waals surface area contributed by atoms with Crippen LogP contribution in [0, 0.1) is 13.8 Å². The maximum Gasteiger partial charge on any atom is 0.416 e. The topological polar surface area (TPSA) is 85.3 Å². The Labute approximate surface area is 196 Å². The third-order valence-corrected chi connectivity index (χ3v) is 5.83. The number of aromatic nitrogens is 3. The van der Waals surface area contributed by atoms with Gasteiger partial charge in [0.1, 0.15) is 6.61 Å². The van der Waals surface area contributed by atoms with Crippen LogP contribution in [-0.2, 0) is 27.1 Å². The molecule has 7 nitrogen and oxygen atoms in total. The Morgan fingerprint density at radius 1 is 1.12 bits per heavy atom. The standard InChI is InChI=1S/C21H19F3N4O3S2/c1-12-7-13(2)26-19(25-12)32-11-18(30)31-9-16-10-33-20(27-16)28(14(3)29)17-6-4-5-15(8-17)21(22,23)24/h4-8,10H,9,11H2,1-3H3.